The Bertz CT molecular complexity index is 372. The van der Waals surface area contributed by atoms with Gasteiger partial charge in [-0.05, 0) is 42.5 Å². The van der Waals surface area contributed by atoms with Gasteiger partial charge in [0.25, 0.3) is 5.91 Å². The van der Waals surface area contributed by atoms with Crippen LogP contribution in [-0.2, 0) is 0 Å². The number of anilines is 1. The predicted molar refractivity (Wildman–Crippen MR) is 65.6 cm³/mol. The average Bonchev–Trinajstić information content (AvgIpc) is 3.02. The standard InChI is InChI=1S/C13H18N2O/c1-9-7-11(9)8-15-13(16)10-3-5-12(14-2)6-4-10/h3-6,9,11,14H,7-8H2,1-2H3,(H,15,16). The van der Waals surface area contributed by atoms with E-state index in [-0.39, 0.29) is 5.91 Å². The predicted octanol–water partition coefficient (Wildman–Crippen LogP) is 2.11. The van der Waals surface area contributed by atoms with Gasteiger partial charge in [-0.25, -0.2) is 0 Å². The van der Waals surface area contributed by atoms with Crippen LogP contribution >= 0.6 is 0 Å². The minimum Gasteiger partial charge on any atom is -0.388 e. The monoisotopic (exact) mass is 218 g/mol. The molecule has 2 atom stereocenters. The molecule has 1 aromatic carbocycles. The molecule has 1 aliphatic carbocycles. The fraction of sp³-hybridized carbons (Fsp3) is 0.462. The summed E-state index contributed by atoms with van der Waals surface area (Å²) in [5.74, 6) is 1.51. The summed E-state index contributed by atoms with van der Waals surface area (Å²) in [7, 11) is 1.86. The second-order valence-electron chi connectivity index (χ2n) is 4.51. The van der Waals surface area contributed by atoms with Crippen LogP contribution in [0.15, 0.2) is 24.3 Å². The van der Waals surface area contributed by atoms with Gasteiger partial charge in [0.1, 0.15) is 0 Å². The van der Waals surface area contributed by atoms with Gasteiger partial charge in [0.15, 0.2) is 0 Å². The largest absolute Gasteiger partial charge is 0.388 e. The molecule has 3 nitrogen and oxygen atoms in total. The van der Waals surface area contributed by atoms with Crippen LogP contribution in [0, 0.1) is 11.8 Å². The van der Waals surface area contributed by atoms with Crippen molar-refractivity contribution in [1.29, 1.82) is 0 Å². The van der Waals surface area contributed by atoms with E-state index in [0.717, 1.165) is 23.7 Å². The van der Waals surface area contributed by atoms with Crippen molar-refractivity contribution in [2.45, 2.75) is 13.3 Å². The zero-order valence-corrected chi connectivity index (χ0v) is 9.79. The van der Waals surface area contributed by atoms with Crippen molar-refractivity contribution in [3.8, 4) is 0 Å². The molecule has 1 amide bonds. The first-order valence-corrected chi connectivity index (χ1v) is 5.76. The van der Waals surface area contributed by atoms with Crippen LogP contribution in [0.25, 0.3) is 0 Å². The molecule has 1 fully saturated rings. The molecule has 2 rings (SSSR count). The molecule has 2 N–H and O–H groups in total. The maximum atomic E-state index is 11.8. The van der Waals surface area contributed by atoms with Gasteiger partial charge < -0.3 is 10.6 Å². The number of hydrogen-bond donors (Lipinski definition) is 2. The number of carbonyl (C=O) groups excluding carboxylic acids is 1. The molecule has 0 aliphatic heterocycles. The molecule has 1 saturated carbocycles. The van der Waals surface area contributed by atoms with Crippen LogP contribution in [0.1, 0.15) is 23.7 Å². The van der Waals surface area contributed by atoms with Crippen molar-refractivity contribution < 1.29 is 4.79 Å². The van der Waals surface area contributed by atoms with Crippen molar-refractivity contribution in [2.24, 2.45) is 11.8 Å². The van der Waals surface area contributed by atoms with Crippen molar-refractivity contribution >= 4 is 11.6 Å². The minimum atomic E-state index is 0.0294. The van der Waals surface area contributed by atoms with E-state index in [4.69, 9.17) is 0 Å². The summed E-state index contributed by atoms with van der Waals surface area (Å²) < 4.78 is 0. The van der Waals surface area contributed by atoms with Gasteiger partial charge in [-0.2, -0.15) is 0 Å². The van der Waals surface area contributed by atoms with Gasteiger partial charge in [0, 0.05) is 24.8 Å². The molecule has 0 radical (unpaired) electrons. The second-order valence-corrected chi connectivity index (χ2v) is 4.51. The maximum Gasteiger partial charge on any atom is 0.251 e. The van der Waals surface area contributed by atoms with Crippen molar-refractivity contribution in [3.63, 3.8) is 0 Å². The zero-order chi connectivity index (χ0) is 11.5. The summed E-state index contributed by atoms with van der Waals surface area (Å²) in [6.45, 7) is 3.03. The van der Waals surface area contributed by atoms with Crippen LogP contribution in [-0.4, -0.2) is 19.5 Å². The molecule has 16 heavy (non-hydrogen) atoms. The van der Waals surface area contributed by atoms with E-state index in [2.05, 4.69) is 17.6 Å². The molecule has 1 aromatic rings. The summed E-state index contributed by atoms with van der Waals surface area (Å²) in [5, 5.41) is 6.00. The summed E-state index contributed by atoms with van der Waals surface area (Å²) >= 11 is 0. The highest BCUT2D eigenvalue weighted by Gasteiger charge is 2.32. The Labute approximate surface area is 96.2 Å². The number of nitrogens with one attached hydrogen (secondary N) is 2. The van der Waals surface area contributed by atoms with E-state index >= 15 is 0 Å². The summed E-state index contributed by atoms with van der Waals surface area (Å²) in [6, 6.07) is 7.51. The fourth-order valence-corrected chi connectivity index (χ4v) is 1.80. The molecule has 0 saturated heterocycles. The third-order valence-corrected chi connectivity index (χ3v) is 3.24. The van der Waals surface area contributed by atoms with Gasteiger partial charge in [0.2, 0.25) is 0 Å². The molecule has 0 heterocycles. The Morgan fingerprint density at radius 3 is 2.50 bits per heavy atom. The first kappa shape index (κ1) is 11.0. The zero-order valence-electron chi connectivity index (χ0n) is 9.79. The lowest BCUT2D eigenvalue weighted by atomic mass is 10.2. The van der Waals surface area contributed by atoms with Gasteiger partial charge >= 0.3 is 0 Å². The molecule has 1 aliphatic rings. The number of benzene rings is 1. The average molecular weight is 218 g/mol. The SMILES string of the molecule is CNc1ccc(C(=O)NCC2CC2C)cc1. The van der Waals surface area contributed by atoms with Crippen molar-refractivity contribution in [2.75, 3.05) is 18.9 Å². The summed E-state index contributed by atoms with van der Waals surface area (Å²) in [6.07, 6.45) is 1.25. The van der Waals surface area contributed by atoms with E-state index in [1.165, 1.54) is 6.42 Å². The van der Waals surface area contributed by atoms with E-state index in [1.807, 2.05) is 31.3 Å². The lowest BCUT2D eigenvalue weighted by Crippen LogP contribution is -2.25. The molecule has 2 unspecified atom stereocenters. The van der Waals surface area contributed by atoms with Crippen LogP contribution in [0.3, 0.4) is 0 Å². The molecule has 0 aromatic heterocycles. The van der Waals surface area contributed by atoms with E-state index in [0.29, 0.717) is 5.92 Å². The third kappa shape index (κ3) is 2.54. The maximum absolute atomic E-state index is 11.8. The molecule has 0 bridgehead atoms. The number of hydrogen-bond acceptors (Lipinski definition) is 2. The number of carbonyl (C=O) groups is 1. The second kappa shape index (κ2) is 4.56. The highest BCUT2D eigenvalue weighted by Crippen LogP contribution is 2.36. The van der Waals surface area contributed by atoms with Gasteiger partial charge in [-0.1, -0.05) is 6.92 Å². The lowest BCUT2D eigenvalue weighted by molar-refractivity contribution is 0.0951. The van der Waals surface area contributed by atoms with E-state index < -0.39 is 0 Å². The Kier molecular flexibility index (Phi) is 3.13. The first-order valence-electron chi connectivity index (χ1n) is 5.76. The quantitative estimate of drug-likeness (QED) is 0.812. The first-order chi connectivity index (χ1) is 7.70. The summed E-state index contributed by atoms with van der Waals surface area (Å²) in [4.78, 5) is 11.8. The van der Waals surface area contributed by atoms with Crippen molar-refractivity contribution in [3.05, 3.63) is 29.8 Å². The van der Waals surface area contributed by atoms with Gasteiger partial charge in [0.05, 0.1) is 0 Å². The van der Waals surface area contributed by atoms with Crippen LogP contribution in [0.5, 0.6) is 0 Å². The van der Waals surface area contributed by atoms with Crippen molar-refractivity contribution in [1.82, 2.24) is 5.32 Å². The fourth-order valence-electron chi connectivity index (χ4n) is 1.80. The Balaban J connectivity index is 1.87. The van der Waals surface area contributed by atoms with Gasteiger partial charge in [-0.3, -0.25) is 4.79 Å². The molecule has 0 spiro atoms. The Morgan fingerprint density at radius 2 is 2.00 bits per heavy atom. The van der Waals surface area contributed by atoms with Crippen LogP contribution < -0.4 is 10.6 Å². The third-order valence-electron chi connectivity index (χ3n) is 3.24. The smallest absolute Gasteiger partial charge is 0.251 e. The van der Waals surface area contributed by atoms with Crippen LogP contribution in [0.4, 0.5) is 5.69 Å². The molecular weight excluding hydrogens is 200 g/mol. The Morgan fingerprint density at radius 1 is 1.38 bits per heavy atom. The molecule has 3 heteroatoms. The van der Waals surface area contributed by atoms with E-state index in [9.17, 15) is 4.79 Å². The molecular formula is C13H18N2O. The summed E-state index contributed by atoms with van der Waals surface area (Å²) in [5.41, 5.74) is 1.75. The highest BCUT2D eigenvalue weighted by molar-refractivity contribution is 5.94. The van der Waals surface area contributed by atoms with Crippen LogP contribution in [0.2, 0.25) is 0 Å². The number of amides is 1. The molecule has 86 valence electrons. The lowest BCUT2D eigenvalue weighted by Gasteiger charge is -2.05. The topological polar surface area (TPSA) is 41.1 Å². The van der Waals surface area contributed by atoms with Gasteiger partial charge in [-0.15, -0.1) is 0 Å². The Hall–Kier alpha value is -1.51. The highest BCUT2D eigenvalue weighted by atomic mass is 16.1. The normalized spacial score (nSPS) is 22.6. The number of rotatable bonds is 4. The minimum absolute atomic E-state index is 0.0294. The van der Waals surface area contributed by atoms with E-state index in [1.54, 1.807) is 0 Å².